The second-order valence-corrected chi connectivity index (χ2v) is 3.67. The van der Waals surface area contributed by atoms with E-state index in [1.54, 1.807) is 6.07 Å². The zero-order chi connectivity index (χ0) is 9.97. The highest BCUT2D eigenvalue weighted by molar-refractivity contribution is 9.10. The number of aromatic nitrogens is 1. The van der Waals surface area contributed by atoms with Crippen LogP contribution in [0.25, 0.3) is 11.3 Å². The Bertz CT molecular complexity index is 439. The number of aliphatic hydroxyl groups is 1. The summed E-state index contributed by atoms with van der Waals surface area (Å²) < 4.78 is 5.86. The van der Waals surface area contributed by atoms with Crippen LogP contribution in [0, 0.1) is 0 Å². The molecule has 0 saturated carbocycles. The molecule has 3 nitrogen and oxygen atoms in total. The highest BCUT2D eigenvalue weighted by Gasteiger charge is 2.07. The van der Waals surface area contributed by atoms with Crippen molar-refractivity contribution in [3.05, 3.63) is 40.6 Å². The van der Waals surface area contributed by atoms with Crippen LogP contribution in [-0.2, 0) is 6.61 Å². The van der Waals surface area contributed by atoms with Crippen LogP contribution in [0.3, 0.4) is 0 Å². The first kappa shape index (κ1) is 9.43. The smallest absolute Gasteiger partial charge is 0.162 e. The van der Waals surface area contributed by atoms with Gasteiger partial charge in [0.15, 0.2) is 5.76 Å². The third-order valence-corrected chi connectivity index (χ3v) is 2.56. The molecule has 0 fully saturated rings. The van der Waals surface area contributed by atoms with Gasteiger partial charge in [0.2, 0.25) is 0 Å². The van der Waals surface area contributed by atoms with Gasteiger partial charge in [-0.2, -0.15) is 0 Å². The van der Waals surface area contributed by atoms with Crippen molar-refractivity contribution >= 4 is 15.9 Å². The third kappa shape index (κ3) is 1.71. The van der Waals surface area contributed by atoms with Crippen LogP contribution in [0.15, 0.2) is 39.3 Å². The molecule has 0 bridgehead atoms. The summed E-state index contributed by atoms with van der Waals surface area (Å²) in [5.74, 6) is 0.468. The number of benzene rings is 1. The molecule has 0 atom stereocenters. The summed E-state index contributed by atoms with van der Waals surface area (Å²) in [6.45, 7) is -0.128. The highest BCUT2D eigenvalue weighted by atomic mass is 79.9. The van der Waals surface area contributed by atoms with Gasteiger partial charge in [-0.1, -0.05) is 39.3 Å². The molecular weight excluding hydrogens is 246 g/mol. The summed E-state index contributed by atoms with van der Waals surface area (Å²) in [5.41, 5.74) is 1.68. The Kier molecular flexibility index (Phi) is 2.65. The zero-order valence-corrected chi connectivity index (χ0v) is 8.86. The normalized spacial score (nSPS) is 10.4. The maximum absolute atomic E-state index is 8.82. The molecule has 0 unspecified atom stereocenters. The summed E-state index contributed by atoms with van der Waals surface area (Å²) >= 11 is 3.42. The summed E-state index contributed by atoms with van der Waals surface area (Å²) in [6, 6.07) is 9.44. The van der Waals surface area contributed by atoms with Crippen LogP contribution in [0.1, 0.15) is 5.76 Å². The van der Waals surface area contributed by atoms with E-state index < -0.39 is 0 Å². The molecule has 0 amide bonds. The first-order chi connectivity index (χ1) is 6.81. The van der Waals surface area contributed by atoms with Crippen LogP contribution in [0.4, 0.5) is 0 Å². The molecule has 1 aromatic heterocycles. The summed E-state index contributed by atoms with van der Waals surface area (Å²) in [5, 5.41) is 12.7. The summed E-state index contributed by atoms with van der Waals surface area (Å²) in [4.78, 5) is 0. The van der Waals surface area contributed by atoms with Gasteiger partial charge in [-0.15, -0.1) is 0 Å². The fourth-order valence-corrected chi connectivity index (χ4v) is 1.67. The lowest BCUT2D eigenvalue weighted by Crippen LogP contribution is -1.78. The molecule has 0 aliphatic heterocycles. The molecule has 4 heteroatoms. The summed E-state index contributed by atoms with van der Waals surface area (Å²) in [7, 11) is 0. The number of nitrogens with zero attached hydrogens (tertiary/aromatic N) is 1. The quantitative estimate of drug-likeness (QED) is 0.895. The minimum Gasteiger partial charge on any atom is -0.388 e. The van der Waals surface area contributed by atoms with Crippen molar-refractivity contribution in [1.82, 2.24) is 5.16 Å². The van der Waals surface area contributed by atoms with Crippen molar-refractivity contribution < 1.29 is 9.63 Å². The Morgan fingerprint density at radius 3 is 2.79 bits per heavy atom. The Morgan fingerprint density at radius 1 is 1.36 bits per heavy atom. The molecule has 1 heterocycles. The van der Waals surface area contributed by atoms with Crippen LogP contribution < -0.4 is 0 Å². The van der Waals surface area contributed by atoms with E-state index in [1.165, 1.54) is 0 Å². The monoisotopic (exact) mass is 253 g/mol. The maximum Gasteiger partial charge on any atom is 0.162 e. The number of halogens is 1. The van der Waals surface area contributed by atoms with Gasteiger partial charge in [-0.3, -0.25) is 0 Å². The van der Waals surface area contributed by atoms with Gasteiger partial charge in [0, 0.05) is 16.1 Å². The number of hydrogen-bond acceptors (Lipinski definition) is 3. The predicted molar refractivity (Wildman–Crippen MR) is 55.6 cm³/mol. The lowest BCUT2D eigenvalue weighted by Gasteiger charge is -1.97. The van der Waals surface area contributed by atoms with Gasteiger partial charge >= 0.3 is 0 Å². The Hall–Kier alpha value is -1.13. The van der Waals surface area contributed by atoms with Gasteiger partial charge < -0.3 is 9.63 Å². The molecule has 0 spiro atoms. The van der Waals surface area contributed by atoms with Crippen molar-refractivity contribution in [3.8, 4) is 11.3 Å². The molecule has 1 aromatic carbocycles. The molecule has 0 aliphatic rings. The van der Waals surface area contributed by atoms with Crippen LogP contribution in [0.2, 0.25) is 0 Å². The largest absolute Gasteiger partial charge is 0.388 e. The van der Waals surface area contributed by atoms with Crippen molar-refractivity contribution in [2.45, 2.75) is 6.61 Å². The van der Waals surface area contributed by atoms with E-state index in [0.717, 1.165) is 15.7 Å². The zero-order valence-electron chi connectivity index (χ0n) is 7.27. The number of hydrogen-bond donors (Lipinski definition) is 1. The van der Waals surface area contributed by atoms with E-state index in [9.17, 15) is 0 Å². The van der Waals surface area contributed by atoms with E-state index in [4.69, 9.17) is 9.63 Å². The average molecular weight is 254 g/mol. The SMILES string of the molecule is OCc1cc(-c2ccccc2Br)no1. The lowest BCUT2D eigenvalue weighted by molar-refractivity contribution is 0.229. The maximum atomic E-state index is 8.82. The second kappa shape index (κ2) is 3.94. The molecule has 2 rings (SSSR count). The van der Waals surface area contributed by atoms with Gasteiger partial charge in [0.25, 0.3) is 0 Å². The fraction of sp³-hybridized carbons (Fsp3) is 0.100. The van der Waals surface area contributed by atoms with Gasteiger partial charge in [0.1, 0.15) is 12.3 Å². The van der Waals surface area contributed by atoms with E-state index in [1.807, 2.05) is 24.3 Å². The Morgan fingerprint density at radius 2 is 2.14 bits per heavy atom. The van der Waals surface area contributed by atoms with E-state index in [-0.39, 0.29) is 6.61 Å². The van der Waals surface area contributed by atoms with Crippen molar-refractivity contribution in [2.75, 3.05) is 0 Å². The number of rotatable bonds is 2. The van der Waals surface area contributed by atoms with Crippen LogP contribution in [0.5, 0.6) is 0 Å². The van der Waals surface area contributed by atoms with Crippen molar-refractivity contribution in [3.63, 3.8) is 0 Å². The fourth-order valence-electron chi connectivity index (χ4n) is 1.18. The van der Waals surface area contributed by atoms with Crippen LogP contribution in [-0.4, -0.2) is 10.3 Å². The second-order valence-electron chi connectivity index (χ2n) is 2.82. The Balaban J connectivity index is 2.44. The minimum absolute atomic E-state index is 0.128. The molecule has 72 valence electrons. The van der Waals surface area contributed by atoms with E-state index in [0.29, 0.717) is 5.76 Å². The molecular formula is C10H8BrNO2. The Labute approximate surface area is 89.5 Å². The topological polar surface area (TPSA) is 46.3 Å². The molecule has 0 aliphatic carbocycles. The van der Waals surface area contributed by atoms with Gasteiger partial charge in [-0.25, -0.2) is 0 Å². The van der Waals surface area contributed by atoms with Crippen molar-refractivity contribution in [2.24, 2.45) is 0 Å². The summed E-state index contributed by atoms with van der Waals surface area (Å²) in [6.07, 6.45) is 0. The molecule has 1 N–H and O–H groups in total. The molecule has 0 saturated heterocycles. The van der Waals surface area contributed by atoms with Gasteiger partial charge in [-0.05, 0) is 6.07 Å². The van der Waals surface area contributed by atoms with E-state index >= 15 is 0 Å². The minimum atomic E-state index is -0.128. The predicted octanol–water partition coefficient (Wildman–Crippen LogP) is 2.60. The number of aliphatic hydroxyl groups excluding tert-OH is 1. The highest BCUT2D eigenvalue weighted by Crippen LogP contribution is 2.27. The molecule has 2 aromatic rings. The average Bonchev–Trinajstić information content (AvgIpc) is 2.67. The third-order valence-electron chi connectivity index (χ3n) is 1.86. The first-order valence-corrected chi connectivity index (χ1v) is 4.92. The lowest BCUT2D eigenvalue weighted by atomic mass is 10.1. The molecule has 14 heavy (non-hydrogen) atoms. The van der Waals surface area contributed by atoms with Crippen molar-refractivity contribution in [1.29, 1.82) is 0 Å². The first-order valence-electron chi connectivity index (χ1n) is 4.12. The van der Waals surface area contributed by atoms with E-state index in [2.05, 4.69) is 21.1 Å². The van der Waals surface area contributed by atoms with Crippen LogP contribution >= 0.6 is 15.9 Å². The standard InChI is InChI=1S/C10H8BrNO2/c11-9-4-2-1-3-8(9)10-5-7(6-13)14-12-10/h1-5,13H,6H2. The molecule has 0 radical (unpaired) electrons. The van der Waals surface area contributed by atoms with Gasteiger partial charge in [0.05, 0.1) is 0 Å².